The van der Waals surface area contributed by atoms with E-state index in [0.29, 0.717) is 12.0 Å². The minimum absolute atomic E-state index is 0.144. The van der Waals surface area contributed by atoms with E-state index < -0.39 is 6.10 Å². The van der Waals surface area contributed by atoms with E-state index in [-0.39, 0.29) is 17.6 Å². The van der Waals surface area contributed by atoms with Crippen molar-refractivity contribution in [3.8, 4) is 5.75 Å². The Morgan fingerprint density at radius 3 is 2.80 bits per heavy atom. The zero-order valence-electron chi connectivity index (χ0n) is 11.9. The van der Waals surface area contributed by atoms with Crippen LogP contribution in [0.15, 0.2) is 12.1 Å². The van der Waals surface area contributed by atoms with Crippen LogP contribution in [0.2, 0.25) is 0 Å². The highest BCUT2D eigenvalue weighted by atomic mass is 16.5. The fraction of sp³-hybridized carbons (Fsp3) is 0.533. The number of ether oxygens (including phenoxy) is 1. The third-order valence-corrected chi connectivity index (χ3v) is 3.51. The molecule has 0 bridgehead atoms. The first-order chi connectivity index (χ1) is 9.60. The quantitative estimate of drug-likeness (QED) is 0.835. The van der Waals surface area contributed by atoms with Crippen LogP contribution in [0.25, 0.3) is 0 Å². The van der Waals surface area contributed by atoms with Crippen LogP contribution in [0.5, 0.6) is 5.75 Å². The maximum absolute atomic E-state index is 12.0. The number of carbonyl (C=O) groups excluding carboxylic acids is 2. The topological polar surface area (TPSA) is 68.3 Å². The number of amides is 1. The maximum Gasteiger partial charge on any atom is 0.260 e. The Morgan fingerprint density at radius 1 is 1.45 bits per heavy atom. The molecule has 5 heteroatoms. The van der Waals surface area contributed by atoms with Crippen molar-refractivity contribution in [3.05, 3.63) is 23.5 Å². The van der Waals surface area contributed by atoms with Crippen molar-refractivity contribution in [1.82, 2.24) is 10.3 Å². The molecule has 108 valence electrons. The predicted octanol–water partition coefficient (Wildman–Crippen LogP) is 2.03. The number of aldehydes is 1. The van der Waals surface area contributed by atoms with Gasteiger partial charge in [-0.15, -0.1) is 0 Å². The molecule has 1 atom stereocenters. The second kappa shape index (κ2) is 6.50. The molecule has 0 spiro atoms. The molecule has 1 amide bonds. The molecule has 1 fully saturated rings. The van der Waals surface area contributed by atoms with Gasteiger partial charge in [-0.3, -0.25) is 9.59 Å². The van der Waals surface area contributed by atoms with Gasteiger partial charge in [0, 0.05) is 11.7 Å². The lowest BCUT2D eigenvalue weighted by molar-refractivity contribution is -0.128. The molecule has 0 radical (unpaired) electrons. The van der Waals surface area contributed by atoms with E-state index in [4.69, 9.17) is 4.74 Å². The Kier molecular flexibility index (Phi) is 4.71. The van der Waals surface area contributed by atoms with Crippen molar-refractivity contribution in [2.45, 2.75) is 51.7 Å². The average Bonchev–Trinajstić information content (AvgIpc) is 2.93. The summed E-state index contributed by atoms with van der Waals surface area (Å²) >= 11 is 0. The minimum Gasteiger partial charge on any atom is -0.479 e. The number of hydrogen-bond acceptors (Lipinski definition) is 4. The largest absolute Gasteiger partial charge is 0.479 e. The number of pyridine rings is 1. The van der Waals surface area contributed by atoms with Crippen molar-refractivity contribution in [2.75, 3.05) is 0 Å². The van der Waals surface area contributed by atoms with Crippen molar-refractivity contribution in [2.24, 2.45) is 0 Å². The third kappa shape index (κ3) is 3.56. The second-order valence-corrected chi connectivity index (χ2v) is 5.20. The van der Waals surface area contributed by atoms with Crippen LogP contribution >= 0.6 is 0 Å². The van der Waals surface area contributed by atoms with Gasteiger partial charge >= 0.3 is 0 Å². The molecular formula is C15H20N2O3. The molecule has 0 saturated heterocycles. The SMILES string of the molecule is Cc1ccc(OC(C)C(=O)NC2CCCC2)c(C=O)n1. The number of nitrogens with zero attached hydrogens (tertiary/aromatic N) is 1. The van der Waals surface area contributed by atoms with Crippen LogP contribution in [0.1, 0.15) is 48.8 Å². The van der Waals surface area contributed by atoms with Gasteiger partial charge in [0.2, 0.25) is 0 Å². The van der Waals surface area contributed by atoms with Crippen molar-refractivity contribution < 1.29 is 14.3 Å². The number of hydrogen-bond donors (Lipinski definition) is 1. The molecule has 5 nitrogen and oxygen atoms in total. The van der Waals surface area contributed by atoms with Crippen molar-refractivity contribution >= 4 is 12.2 Å². The van der Waals surface area contributed by atoms with Crippen molar-refractivity contribution in [3.63, 3.8) is 0 Å². The molecule has 1 aliphatic carbocycles. The first-order valence-corrected chi connectivity index (χ1v) is 7.00. The van der Waals surface area contributed by atoms with Gasteiger partial charge in [0.25, 0.3) is 5.91 Å². The molecule has 1 aromatic rings. The van der Waals surface area contributed by atoms with Gasteiger partial charge in [0.15, 0.2) is 12.4 Å². The Labute approximate surface area is 118 Å². The van der Waals surface area contributed by atoms with Gasteiger partial charge in [-0.05, 0) is 38.8 Å². The highest BCUT2D eigenvalue weighted by Crippen LogP contribution is 2.19. The van der Waals surface area contributed by atoms with Gasteiger partial charge in [-0.25, -0.2) is 4.98 Å². The maximum atomic E-state index is 12.0. The van der Waals surface area contributed by atoms with Crippen LogP contribution in [0.3, 0.4) is 0 Å². The lowest BCUT2D eigenvalue weighted by Crippen LogP contribution is -2.41. The van der Waals surface area contributed by atoms with Gasteiger partial charge in [-0.1, -0.05) is 12.8 Å². The van der Waals surface area contributed by atoms with E-state index in [2.05, 4.69) is 10.3 Å². The summed E-state index contributed by atoms with van der Waals surface area (Å²) in [5.74, 6) is 0.203. The normalized spacial score (nSPS) is 16.7. The number of aryl methyl sites for hydroxylation is 1. The number of carbonyl (C=O) groups is 2. The van der Waals surface area contributed by atoms with Gasteiger partial charge in [0.1, 0.15) is 11.4 Å². The molecule has 20 heavy (non-hydrogen) atoms. The van der Waals surface area contributed by atoms with E-state index in [1.165, 1.54) is 0 Å². The molecule has 1 N–H and O–H groups in total. The Hall–Kier alpha value is -1.91. The van der Waals surface area contributed by atoms with Crippen LogP contribution in [0, 0.1) is 6.92 Å². The number of nitrogens with one attached hydrogen (secondary N) is 1. The first-order valence-electron chi connectivity index (χ1n) is 7.00. The molecule has 0 aromatic carbocycles. The summed E-state index contributed by atoms with van der Waals surface area (Å²) in [5, 5.41) is 2.98. The lowest BCUT2D eigenvalue weighted by Gasteiger charge is -2.18. The molecule has 1 unspecified atom stereocenters. The van der Waals surface area contributed by atoms with E-state index in [0.717, 1.165) is 31.4 Å². The van der Waals surface area contributed by atoms with Crippen molar-refractivity contribution in [1.29, 1.82) is 0 Å². The molecule has 1 saturated carbocycles. The number of aromatic nitrogens is 1. The standard InChI is InChI=1S/C15H20N2O3/c1-10-7-8-14(13(9-18)16-10)20-11(2)15(19)17-12-5-3-4-6-12/h7-9,11-12H,3-6H2,1-2H3,(H,17,19). The average molecular weight is 276 g/mol. The van der Waals surface area contributed by atoms with E-state index in [9.17, 15) is 9.59 Å². The monoisotopic (exact) mass is 276 g/mol. The zero-order chi connectivity index (χ0) is 14.5. The fourth-order valence-electron chi connectivity index (χ4n) is 2.38. The highest BCUT2D eigenvalue weighted by molar-refractivity contribution is 5.82. The Bertz CT molecular complexity index is 496. The second-order valence-electron chi connectivity index (χ2n) is 5.20. The molecular weight excluding hydrogens is 256 g/mol. The number of rotatable bonds is 5. The fourth-order valence-corrected chi connectivity index (χ4v) is 2.38. The summed E-state index contributed by atoms with van der Waals surface area (Å²) in [7, 11) is 0. The van der Waals surface area contributed by atoms with E-state index in [1.54, 1.807) is 26.0 Å². The van der Waals surface area contributed by atoms with Crippen LogP contribution in [0.4, 0.5) is 0 Å². The summed E-state index contributed by atoms with van der Waals surface area (Å²) in [5.41, 5.74) is 0.966. The third-order valence-electron chi connectivity index (χ3n) is 3.51. The molecule has 2 rings (SSSR count). The van der Waals surface area contributed by atoms with Crippen LogP contribution in [-0.4, -0.2) is 29.3 Å². The van der Waals surface area contributed by atoms with Crippen LogP contribution < -0.4 is 10.1 Å². The Balaban J connectivity index is 1.97. The minimum atomic E-state index is -0.640. The lowest BCUT2D eigenvalue weighted by atomic mass is 10.2. The molecule has 0 aliphatic heterocycles. The zero-order valence-corrected chi connectivity index (χ0v) is 11.9. The first kappa shape index (κ1) is 14.5. The van der Waals surface area contributed by atoms with Gasteiger partial charge < -0.3 is 10.1 Å². The Morgan fingerprint density at radius 2 is 2.15 bits per heavy atom. The van der Waals surface area contributed by atoms with E-state index >= 15 is 0 Å². The summed E-state index contributed by atoms with van der Waals surface area (Å²) in [6, 6.07) is 3.69. The van der Waals surface area contributed by atoms with Crippen LogP contribution in [-0.2, 0) is 4.79 Å². The van der Waals surface area contributed by atoms with Gasteiger partial charge in [-0.2, -0.15) is 0 Å². The molecule has 1 heterocycles. The summed E-state index contributed by atoms with van der Waals surface area (Å²) in [6.45, 7) is 3.48. The molecule has 1 aliphatic rings. The van der Waals surface area contributed by atoms with E-state index in [1.807, 2.05) is 0 Å². The summed E-state index contributed by atoms with van der Waals surface area (Å²) < 4.78 is 5.56. The highest BCUT2D eigenvalue weighted by Gasteiger charge is 2.22. The predicted molar refractivity (Wildman–Crippen MR) is 74.9 cm³/mol. The molecule has 1 aromatic heterocycles. The summed E-state index contributed by atoms with van der Waals surface area (Å²) in [4.78, 5) is 27.1. The summed E-state index contributed by atoms with van der Waals surface area (Å²) in [6.07, 6.45) is 4.39. The smallest absolute Gasteiger partial charge is 0.260 e. The van der Waals surface area contributed by atoms with Gasteiger partial charge in [0.05, 0.1) is 0 Å².